The molecule has 0 atom stereocenters. The predicted molar refractivity (Wildman–Crippen MR) is 67.5 cm³/mol. The molecule has 6 heteroatoms. The van der Waals surface area contributed by atoms with Crippen LogP contribution in [0.5, 0.6) is 0 Å². The molecule has 2 aromatic rings. The quantitative estimate of drug-likeness (QED) is 0.364. The van der Waals surface area contributed by atoms with E-state index in [1.807, 2.05) is 12.3 Å². The first-order valence-corrected chi connectivity index (χ1v) is 5.67. The molecule has 0 aromatic carbocycles. The van der Waals surface area contributed by atoms with Crippen molar-refractivity contribution in [2.45, 2.75) is 19.9 Å². The van der Waals surface area contributed by atoms with Gasteiger partial charge in [-0.15, -0.1) is 0 Å². The second-order valence-electron chi connectivity index (χ2n) is 3.86. The third-order valence-electron chi connectivity index (χ3n) is 2.67. The maximum Gasteiger partial charge on any atom is 0.188 e. The Morgan fingerprint density at radius 1 is 1.44 bits per heavy atom. The molecular weight excluding hydrogens is 230 g/mol. The molecule has 2 aromatic heterocycles. The molecule has 0 aliphatic heterocycles. The lowest BCUT2D eigenvalue weighted by atomic mass is 10.2. The van der Waals surface area contributed by atoms with E-state index < -0.39 is 0 Å². The van der Waals surface area contributed by atoms with Gasteiger partial charge in [-0.3, -0.25) is 4.98 Å². The lowest BCUT2D eigenvalue weighted by molar-refractivity contribution is 0.318. The number of pyridine rings is 1. The molecule has 0 fully saturated rings. The first-order chi connectivity index (χ1) is 8.74. The first-order valence-electron chi connectivity index (χ1n) is 5.67. The van der Waals surface area contributed by atoms with Gasteiger partial charge in [0, 0.05) is 31.6 Å². The van der Waals surface area contributed by atoms with Crippen LogP contribution in [0.1, 0.15) is 24.0 Å². The SMILES string of the molecule is CCc1nccn1Cc1ccnc(C(N)=NO)c1. The Morgan fingerprint density at radius 3 is 3.00 bits per heavy atom. The van der Waals surface area contributed by atoms with Gasteiger partial charge < -0.3 is 15.5 Å². The second kappa shape index (κ2) is 5.31. The van der Waals surface area contributed by atoms with E-state index in [9.17, 15) is 0 Å². The van der Waals surface area contributed by atoms with Crippen molar-refractivity contribution < 1.29 is 5.21 Å². The highest BCUT2D eigenvalue weighted by molar-refractivity contribution is 5.95. The molecule has 2 rings (SSSR count). The molecule has 3 N–H and O–H groups in total. The number of aryl methyl sites for hydroxylation is 1. The molecule has 0 unspecified atom stereocenters. The van der Waals surface area contributed by atoms with Crippen molar-refractivity contribution in [3.63, 3.8) is 0 Å². The summed E-state index contributed by atoms with van der Waals surface area (Å²) < 4.78 is 2.06. The Labute approximate surface area is 105 Å². The zero-order chi connectivity index (χ0) is 13.0. The van der Waals surface area contributed by atoms with Crippen LogP contribution in [0.25, 0.3) is 0 Å². The average Bonchev–Trinajstić information content (AvgIpc) is 2.85. The fraction of sp³-hybridized carbons (Fsp3) is 0.250. The van der Waals surface area contributed by atoms with Crippen LogP contribution in [0.2, 0.25) is 0 Å². The molecule has 0 spiro atoms. The van der Waals surface area contributed by atoms with Crippen LogP contribution < -0.4 is 5.73 Å². The largest absolute Gasteiger partial charge is 0.409 e. The molecule has 0 amide bonds. The number of nitrogens with zero attached hydrogens (tertiary/aromatic N) is 4. The molecule has 0 bridgehead atoms. The monoisotopic (exact) mass is 245 g/mol. The van der Waals surface area contributed by atoms with Gasteiger partial charge in [0.1, 0.15) is 11.5 Å². The van der Waals surface area contributed by atoms with E-state index in [2.05, 4.69) is 26.6 Å². The maximum atomic E-state index is 8.63. The van der Waals surface area contributed by atoms with Crippen LogP contribution in [-0.2, 0) is 13.0 Å². The topological polar surface area (TPSA) is 89.3 Å². The third-order valence-corrected chi connectivity index (χ3v) is 2.67. The number of imidazole rings is 1. The molecule has 6 nitrogen and oxygen atoms in total. The van der Waals surface area contributed by atoms with Crippen molar-refractivity contribution >= 4 is 5.84 Å². The summed E-state index contributed by atoms with van der Waals surface area (Å²) in [6.45, 7) is 2.75. The summed E-state index contributed by atoms with van der Waals surface area (Å²) in [5.41, 5.74) is 7.00. The van der Waals surface area contributed by atoms with Gasteiger partial charge in [-0.25, -0.2) is 4.98 Å². The fourth-order valence-electron chi connectivity index (χ4n) is 1.76. The third kappa shape index (κ3) is 2.48. The van der Waals surface area contributed by atoms with E-state index >= 15 is 0 Å². The standard InChI is InChI=1S/C12H15N5O/c1-2-11-15-5-6-17(11)8-9-3-4-14-10(7-9)12(13)16-18/h3-7,18H,2,8H2,1H3,(H2,13,16). The molecule has 0 aliphatic carbocycles. The lowest BCUT2D eigenvalue weighted by Gasteiger charge is -2.07. The van der Waals surface area contributed by atoms with Gasteiger partial charge in [-0.2, -0.15) is 0 Å². The van der Waals surface area contributed by atoms with E-state index in [0.29, 0.717) is 12.2 Å². The Hall–Kier alpha value is -2.37. The predicted octanol–water partition coefficient (Wildman–Crippen LogP) is 0.983. The van der Waals surface area contributed by atoms with Crippen LogP contribution in [-0.4, -0.2) is 25.6 Å². The molecular formula is C12H15N5O. The van der Waals surface area contributed by atoms with Crippen LogP contribution in [0.4, 0.5) is 0 Å². The summed E-state index contributed by atoms with van der Waals surface area (Å²) in [4.78, 5) is 8.30. The van der Waals surface area contributed by atoms with Crippen LogP contribution in [0.3, 0.4) is 0 Å². The summed E-state index contributed by atoms with van der Waals surface area (Å²) in [5.74, 6) is 1.04. The van der Waals surface area contributed by atoms with E-state index in [1.165, 1.54) is 0 Å². The smallest absolute Gasteiger partial charge is 0.188 e. The van der Waals surface area contributed by atoms with Crippen molar-refractivity contribution in [2.75, 3.05) is 0 Å². The minimum absolute atomic E-state index is 0.0122. The Kier molecular flexibility index (Phi) is 3.57. The highest BCUT2D eigenvalue weighted by Gasteiger charge is 2.05. The molecule has 0 aliphatic rings. The highest BCUT2D eigenvalue weighted by Crippen LogP contribution is 2.07. The van der Waals surface area contributed by atoms with Crippen molar-refractivity contribution in [1.29, 1.82) is 0 Å². The normalized spacial score (nSPS) is 11.7. The Balaban J connectivity index is 2.25. The van der Waals surface area contributed by atoms with Crippen molar-refractivity contribution in [2.24, 2.45) is 10.9 Å². The Morgan fingerprint density at radius 2 is 2.28 bits per heavy atom. The first kappa shape index (κ1) is 12.1. The van der Waals surface area contributed by atoms with E-state index in [-0.39, 0.29) is 5.84 Å². The fourth-order valence-corrected chi connectivity index (χ4v) is 1.76. The lowest BCUT2D eigenvalue weighted by Crippen LogP contribution is -2.15. The van der Waals surface area contributed by atoms with E-state index in [4.69, 9.17) is 10.9 Å². The molecule has 0 saturated heterocycles. The number of nitrogens with two attached hydrogens (primary N) is 1. The molecule has 94 valence electrons. The number of hydrogen-bond acceptors (Lipinski definition) is 4. The molecule has 0 saturated carbocycles. The Bertz CT molecular complexity index is 561. The van der Waals surface area contributed by atoms with Gasteiger partial charge in [0.15, 0.2) is 5.84 Å². The summed E-state index contributed by atoms with van der Waals surface area (Å²) >= 11 is 0. The van der Waals surface area contributed by atoms with Gasteiger partial charge in [-0.05, 0) is 17.7 Å². The van der Waals surface area contributed by atoms with Gasteiger partial charge >= 0.3 is 0 Å². The number of rotatable bonds is 4. The summed E-state index contributed by atoms with van der Waals surface area (Å²) in [6, 6.07) is 3.70. The van der Waals surface area contributed by atoms with Gasteiger partial charge in [0.2, 0.25) is 0 Å². The molecule has 2 heterocycles. The number of hydrogen-bond donors (Lipinski definition) is 2. The summed E-state index contributed by atoms with van der Waals surface area (Å²) in [5, 5.41) is 11.6. The zero-order valence-corrected chi connectivity index (χ0v) is 10.1. The van der Waals surface area contributed by atoms with Gasteiger partial charge in [0.05, 0.1) is 0 Å². The minimum Gasteiger partial charge on any atom is -0.409 e. The van der Waals surface area contributed by atoms with Crippen molar-refractivity contribution in [3.8, 4) is 0 Å². The van der Waals surface area contributed by atoms with Gasteiger partial charge in [-0.1, -0.05) is 12.1 Å². The van der Waals surface area contributed by atoms with Gasteiger partial charge in [0.25, 0.3) is 0 Å². The minimum atomic E-state index is 0.0122. The number of aromatic nitrogens is 3. The van der Waals surface area contributed by atoms with Crippen molar-refractivity contribution in [1.82, 2.24) is 14.5 Å². The zero-order valence-electron chi connectivity index (χ0n) is 10.1. The van der Waals surface area contributed by atoms with Crippen LogP contribution >= 0.6 is 0 Å². The van der Waals surface area contributed by atoms with Crippen molar-refractivity contribution in [3.05, 3.63) is 47.8 Å². The molecule has 0 radical (unpaired) electrons. The number of oxime groups is 1. The average molecular weight is 245 g/mol. The highest BCUT2D eigenvalue weighted by atomic mass is 16.4. The molecule has 18 heavy (non-hydrogen) atoms. The van der Waals surface area contributed by atoms with Crippen LogP contribution in [0.15, 0.2) is 35.9 Å². The number of amidine groups is 1. The second-order valence-corrected chi connectivity index (χ2v) is 3.86. The maximum absolute atomic E-state index is 8.63. The van der Waals surface area contributed by atoms with E-state index in [1.54, 1.807) is 18.5 Å². The van der Waals surface area contributed by atoms with E-state index in [0.717, 1.165) is 17.8 Å². The van der Waals surface area contributed by atoms with Crippen LogP contribution in [0, 0.1) is 0 Å². The summed E-state index contributed by atoms with van der Waals surface area (Å²) in [7, 11) is 0. The summed E-state index contributed by atoms with van der Waals surface area (Å²) in [6.07, 6.45) is 6.24.